The van der Waals surface area contributed by atoms with Gasteiger partial charge in [0.2, 0.25) is 0 Å². The monoisotopic (exact) mass is 531 g/mol. The molecule has 0 spiro atoms. The molecule has 1 N–H and O–H groups in total. The highest BCUT2D eigenvalue weighted by atomic mass is 19.4. The number of carbonyl (C=O) groups is 2. The minimum absolute atomic E-state index is 0.0617. The van der Waals surface area contributed by atoms with Crippen molar-refractivity contribution in [3.63, 3.8) is 0 Å². The average Bonchev–Trinajstić information content (AvgIpc) is 2.82. The van der Waals surface area contributed by atoms with Crippen molar-refractivity contribution in [2.24, 2.45) is 0 Å². The first-order chi connectivity index (χ1) is 17.7. The fourth-order valence-corrected chi connectivity index (χ4v) is 3.57. The van der Waals surface area contributed by atoms with Crippen molar-refractivity contribution >= 4 is 17.7 Å². The lowest BCUT2D eigenvalue weighted by molar-refractivity contribution is -0.275. The van der Waals surface area contributed by atoms with E-state index < -0.39 is 29.8 Å². The SMILES string of the molecule is Cc1c(NC(=O)OC(C)(C)C)c(OCc2ccccc2)c(C(=O)Oc2ccccc2)c(C)c1OC(F)(F)F. The van der Waals surface area contributed by atoms with Gasteiger partial charge in [-0.15, -0.1) is 13.2 Å². The lowest BCUT2D eigenvalue weighted by atomic mass is 9.99. The van der Waals surface area contributed by atoms with Crippen LogP contribution in [0, 0.1) is 13.8 Å². The fourth-order valence-electron chi connectivity index (χ4n) is 3.57. The molecule has 3 rings (SSSR count). The van der Waals surface area contributed by atoms with Gasteiger partial charge in [-0.3, -0.25) is 5.32 Å². The molecule has 0 saturated heterocycles. The van der Waals surface area contributed by atoms with Crippen LogP contribution in [0.2, 0.25) is 0 Å². The number of hydrogen-bond donors (Lipinski definition) is 1. The number of carbonyl (C=O) groups excluding carboxylic acids is 2. The third kappa shape index (κ3) is 7.64. The molecule has 202 valence electrons. The summed E-state index contributed by atoms with van der Waals surface area (Å²) in [5.74, 6) is -1.71. The van der Waals surface area contributed by atoms with Crippen molar-refractivity contribution in [2.75, 3.05) is 5.32 Å². The van der Waals surface area contributed by atoms with Crippen LogP contribution in [0.15, 0.2) is 60.7 Å². The summed E-state index contributed by atoms with van der Waals surface area (Å²) in [6, 6.07) is 16.9. The Bertz CT molecular complexity index is 1290. The number of esters is 1. The normalized spacial score (nSPS) is 11.5. The topological polar surface area (TPSA) is 83.1 Å². The van der Waals surface area contributed by atoms with Crippen molar-refractivity contribution in [3.8, 4) is 17.2 Å². The van der Waals surface area contributed by atoms with Crippen molar-refractivity contribution in [1.29, 1.82) is 0 Å². The van der Waals surface area contributed by atoms with Crippen LogP contribution < -0.4 is 19.5 Å². The summed E-state index contributed by atoms with van der Waals surface area (Å²) >= 11 is 0. The van der Waals surface area contributed by atoms with Gasteiger partial charge in [-0.1, -0.05) is 48.5 Å². The van der Waals surface area contributed by atoms with E-state index in [-0.39, 0.29) is 40.5 Å². The number of halogens is 3. The Balaban J connectivity index is 2.20. The molecule has 0 atom stereocenters. The Labute approximate surface area is 218 Å². The zero-order chi connectivity index (χ0) is 28.1. The van der Waals surface area contributed by atoms with Gasteiger partial charge >= 0.3 is 18.4 Å². The number of alkyl halides is 3. The minimum atomic E-state index is -5.08. The third-order valence-corrected chi connectivity index (χ3v) is 5.11. The smallest absolute Gasteiger partial charge is 0.486 e. The second-order valence-corrected chi connectivity index (χ2v) is 9.31. The summed E-state index contributed by atoms with van der Waals surface area (Å²) < 4.78 is 61.2. The fraction of sp³-hybridized carbons (Fsp3) is 0.286. The maximum absolute atomic E-state index is 13.4. The first kappa shape index (κ1) is 28.4. The van der Waals surface area contributed by atoms with E-state index in [1.807, 2.05) is 0 Å². The van der Waals surface area contributed by atoms with Crippen LogP contribution in [0.3, 0.4) is 0 Å². The Morgan fingerprint density at radius 1 is 0.842 bits per heavy atom. The predicted octanol–water partition coefficient (Wildman–Crippen LogP) is 7.35. The molecule has 0 aliphatic carbocycles. The lowest BCUT2D eigenvalue weighted by Crippen LogP contribution is -2.28. The first-order valence-corrected chi connectivity index (χ1v) is 11.6. The van der Waals surface area contributed by atoms with Gasteiger partial charge in [-0.2, -0.15) is 0 Å². The van der Waals surface area contributed by atoms with E-state index in [4.69, 9.17) is 14.2 Å². The van der Waals surface area contributed by atoms with Gasteiger partial charge in [-0.05, 0) is 52.3 Å². The van der Waals surface area contributed by atoms with Crippen LogP contribution in [0.5, 0.6) is 17.2 Å². The number of ether oxygens (including phenoxy) is 4. The summed E-state index contributed by atoms with van der Waals surface area (Å²) in [6.07, 6.45) is -6.04. The Hall–Kier alpha value is -4.21. The van der Waals surface area contributed by atoms with E-state index in [9.17, 15) is 22.8 Å². The second-order valence-electron chi connectivity index (χ2n) is 9.31. The van der Waals surface area contributed by atoms with E-state index in [2.05, 4.69) is 10.1 Å². The Morgan fingerprint density at radius 2 is 1.42 bits per heavy atom. The van der Waals surface area contributed by atoms with Crippen LogP contribution in [0.4, 0.5) is 23.7 Å². The highest BCUT2D eigenvalue weighted by Gasteiger charge is 2.37. The quantitative estimate of drug-likeness (QED) is 0.254. The standard InChI is InChI=1S/C28H28F3NO6/c1-17-21(25(33)36-20-14-10-7-11-15-20)24(35-16-19-12-8-6-9-13-19)22(32-26(34)38-27(3,4)5)18(2)23(17)37-28(29,30)31/h6-15H,16H2,1-5H3,(H,32,34). The summed E-state index contributed by atoms with van der Waals surface area (Å²) in [4.78, 5) is 26.1. The molecule has 0 bridgehead atoms. The van der Waals surface area contributed by atoms with Crippen molar-refractivity contribution < 1.29 is 41.7 Å². The Kier molecular flexibility index (Phi) is 8.55. The average molecular weight is 532 g/mol. The van der Waals surface area contributed by atoms with Gasteiger partial charge in [-0.25, -0.2) is 9.59 Å². The summed E-state index contributed by atoms with van der Waals surface area (Å²) in [7, 11) is 0. The molecule has 3 aromatic rings. The molecule has 0 unspecified atom stereocenters. The number of anilines is 1. The van der Waals surface area contributed by atoms with E-state index in [0.717, 1.165) is 0 Å². The molecule has 1 amide bonds. The summed E-state index contributed by atoms with van der Waals surface area (Å²) in [5.41, 5.74) is -1.07. The lowest BCUT2D eigenvalue weighted by Gasteiger charge is -2.25. The molecule has 0 fully saturated rings. The maximum Gasteiger partial charge on any atom is 0.573 e. The zero-order valence-corrected chi connectivity index (χ0v) is 21.6. The predicted molar refractivity (Wildman–Crippen MR) is 135 cm³/mol. The van der Waals surface area contributed by atoms with Crippen LogP contribution in [0.1, 0.15) is 47.8 Å². The van der Waals surface area contributed by atoms with Crippen LogP contribution in [0.25, 0.3) is 0 Å². The van der Waals surface area contributed by atoms with Crippen molar-refractivity contribution in [1.82, 2.24) is 0 Å². The molecular formula is C28H28F3NO6. The molecule has 38 heavy (non-hydrogen) atoms. The van der Waals surface area contributed by atoms with Gasteiger partial charge in [0.05, 0.1) is 5.69 Å². The first-order valence-electron chi connectivity index (χ1n) is 11.6. The summed E-state index contributed by atoms with van der Waals surface area (Å²) in [5, 5.41) is 2.44. The van der Waals surface area contributed by atoms with Crippen molar-refractivity contribution in [3.05, 3.63) is 82.9 Å². The molecule has 0 heterocycles. The van der Waals surface area contributed by atoms with Crippen LogP contribution in [-0.2, 0) is 11.3 Å². The number of amides is 1. The van der Waals surface area contributed by atoms with Crippen LogP contribution in [-0.4, -0.2) is 24.0 Å². The molecule has 7 nitrogen and oxygen atoms in total. The largest absolute Gasteiger partial charge is 0.573 e. The molecule has 0 aliphatic rings. The van der Waals surface area contributed by atoms with Crippen LogP contribution >= 0.6 is 0 Å². The number of benzene rings is 3. The molecular weight excluding hydrogens is 503 g/mol. The summed E-state index contributed by atoms with van der Waals surface area (Å²) in [6.45, 7) is 7.41. The highest BCUT2D eigenvalue weighted by molar-refractivity contribution is 6.01. The molecule has 0 aliphatic heterocycles. The van der Waals surface area contributed by atoms with E-state index in [1.165, 1.54) is 26.0 Å². The maximum atomic E-state index is 13.4. The molecule has 0 saturated carbocycles. The second kappa shape index (κ2) is 11.5. The number of para-hydroxylation sites is 1. The van der Waals surface area contributed by atoms with E-state index in [0.29, 0.717) is 5.56 Å². The van der Waals surface area contributed by atoms with Gasteiger partial charge in [0.15, 0.2) is 5.75 Å². The van der Waals surface area contributed by atoms with Crippen molar-refractivity contribution in [2.45, 2.75) is 53.2 Å². The van der Waals surface area contributed by atoms with Gasteiger partial charge in [0.1, 0.15) is 29.3 Å². The molecule has 0 radical (unpaired) electrons. The molecule has 10 heteroatoms. The zero-order valence-electron chi connectivity index (χ0n) is 21.6. The molecule has 3 aromatic carbocycles. The Morgan fingerprint density at radius 3 is 1.97 bits per heavy atom. The van der Waals surface area contributed by atoms with E-state index in [1.54, 1.807) is 69.3 Å². The minimum Gasteiger partial charge on any atom is -0.486 e. The van der Waals surface area contributed by atoms with Gasteiger partial charge < -0.3 is 18.9 Å². The molecule has 0 aromatic heterocycles. The highest BCUT2D eigenvalue weighted by Crippen LogP contribution is 2.44. The van der Waals surface area contributed by atoms with E-state index >= 15 is 0 Å². The van der Waals surface area contributed by atoms with Gasteiger partial charge in [0.25, 0.3) is 0 Å². The third-order valence-electron chi connectivity index (χ3n) is 5.11. The number of hydrogen-bond acceptors (Lipinski definition) is 6. The van der Waals surface area contributed by atoms with Gasteiger partial charge in [0, 0.05) is 11.1 Å². The number of nitrogens with one attached hydrogen (secondary N) is 1. The number of rotatable bonds is 7.